The van der Waals surface area contributed by atoms with Crippen LogP contribution in [0.15, 0.2) is 29.2 Å². The van der Waals surface area contributed by atoms with Crippen molar-refractivity contribution in [3.63, 3.8) is 0 Å². The minimum Gasteiger partial charge on any atom is -0.352 e. The first-order chi connectivity index (χ1) is 9.19. The van der Waals surface area contributed by atoms with Crippen LogP contribution >= 0.6 is 24.2 Å². The van der Waals surface area contributed by atoms with Crippen molar-refractivity contribution in [1.29, 1.82) is 0 Å². The maximum atomic E-state index is 11.9. The summed E-state index contributed by atoms with van der Waals surface area (Å²) in [6.45, 7) is 0.607. The van der Waals surface area contributed by atoms with E-state index < -0.39 is 0 Å². The standard InChI is InChI=1S/C15H22N2OS.ClH/c1-19-13-7-5-11(6-8-13)10-17-15(18)9-12-3-2-4-14(12)16;/h5-8,12,14H,2-4,9-10,16H2,1H3,(H,17,18);1H/t12-,14+;/m0./s1. The van der Waals surface area contributed by atoms with Gasteiger partial charge in [0.2, 0.25) is 5.91 Å². The highest BCUT2D eigenvalue weighted by Gasteiger charge is 2.25. The van der Waals surface area contributed by atoms with Gasteiger partial charge in [0.25, 0.3) is 0 Å². The van der Waals surface area contributed by atoms with Crippen LogP contribution in [-0.4, -0.2) is 18.2 Å². The molecule has 0 radical (unpaired) electrons. The zero-order valence-electron chi connectivity index (χ0n) is 11.8. The summed E-state index contributed by atoms with van der Waals surface area (Å²) in [7, 11) is 0. The maximum absolute atomic E-state index is 11.9. The third-order valence-electron chi connectivity index (χ3n) is 3.81. The third kappa shape index (κ3) is 5.00. The van der Waals surface area contributed by atoms with E-state index >= 15 is 0 Å². The van der Waals surface area contributed by atoms with E-state index in [-0.39, 0.29) is 24.4 Å². The van der Waals surface area contributed by atoms with Crippen LogP contribution in [0, 0.1) is 5.92 Å². The Bertz CT molecular complexity index is 424. The van der Waals surface area contributed by atoms with Gasteiger partial charge in [-0.15, -0.1) is 24.2 Å². The van der Waals surface area contributed by atoms with Crippen molar-refractivity contribution < 1.29 is 4.79 Å². The molecule has 2 atom stereocenters. The summed E-state index contributed by atoms with van der Waals surface area (Å²) in [5.41, 5.74) is 7.12. The van der Waals surface area contributed by atoms with E-state index in [1.807, 2.05) is 0 Å². The fourth-order valence-electron chi connectivity index (χ4n) is 2.57. The van der Waals surface area contributed by atoms with E-state index in [1.54, 1.807) is 11.8 Å². The molecule has 3 nitrogen and oxygen atoms in total. The number of rotatable bonds is 5. The Kier molecular flexibility index (Phi) is 7.41. The van der Waals surface area contributed by atoms with Gasteiger partial charge in [0.1, 0.15) is 0 Å². The third-order valence-corrected chi connectivity index (χ3v) is 4.56. The van der Waals surface area contributed by atoms with E-state index in [0.29, 0.717) is 18.9 Å². The number of amides is 1. The van der Waals surface area contributed by atoms with Crippen LogP contribution in [0.1, 0.15) is 31.2 Å². The van der Waals surface area contributed by atoms with Crippen molar-refractivity contribution in [1.82, 2.24) is 5.32 Å². The van der Waals surface area contributed by atoms with Gasteiger partial charge in [-0.1, -0.05) is 18.6 Å². The van der Waals surface area contributed by atoms with Crippen LogP contribution < -0.4 is 11.1 Å². The van der Waals surface area contributed by atoms with Crippen LogP contribution in [-0.2, 0) is 11.3 Å². The molecule has 1 aliphatic carbocycles. The Hall–Kier alpha value is -0.710. The minimum absolute atomic E-state index is 0. The van der Waals surface area contributed by atoms with E-state index in [4.69, 9.17) is 5.73 Å². The van der Waals surface area contributed by atoms with Crippen LogP contribution in [0.25, 0.3) is 0 Å². The van der Waals surface area contributed by atoms with Gasteiger partial charge >= 0.3 is 0 Å². The Morgan fingerprint density at radius 1 is 1.35 bits per heavy atom. The van der Waals surface area contributed by atoms with Gasteiger partial charge in [0.05, 0.1) is 0 Å². The zero-order chi connectivity index (χ0) is 13.7. The quantitative estimate of drug-likeness (QED) is 0.822. The Labute approximate surface area is 131 Å². The monoisotopic (exact) mass is 314 g/mol. The van der Waals surface area contributed by atoms with Crippen LogP contribution in [0.2, 0.25) is 0 Å². The fourth-order valence-corrected chi connectivity index (χ4v) is 2.98. The lowest BCUT2D eigenvalue weighted by Gasteiger charge is -2.14. The molecule has 0 spiro atoms. The molecule has 0 unspecified atom stereocenters. The van der Waals surface area contributed by atoms with Gasteiger partial charge < -0.3 is 11.1 Å². The average molecular weight is 315 g/mol. The van der Waals surface area contributed by atoms with Crippen molar-refractivity contribution in [2.75, 3.05) is 6.26 Å². The highest BCUT2D eigenvalue weighted by Crippen LogP contribution is 2.26. The normalized spacial score (nSPS) is 21.3. The molecule has 0 heterocycles. The summed E-state index contributed by atoms with van der Waals surface area (Å²) >= 11 is 1.72. The number of nitrogens with two attached hydrogens (primary N) is 1. The van der Waals surface area contributed by atoms with Gasteiger partial charge in [-0.05, 0) is 42.7 Å². The highest BCUT2D eigenvalue weighted by molar-refractivity contribution is 7.98. The van der Waals surface area contributed by atoms with E-state index in [0.717, 1.165) is 24.8 Å². The molecule has 5 heteroatoms. The SMILES string of the molecule is CSc1ccc(CNC(=O)C[C@@H]2CCC[C@H]2N)cc1.Cl. The molecule has 0 saturated heterocycles. The number of nitrogens with one attached hydrogen (secondary N) is 1. The Morgan fingerprint density at radius 2 is 2.05 bits per heavy atom. The maximum Gasteiger partial charge on any atom is 0.220 e. The summed E-state index contributed by atoms with van der Waals surface area (Å²) in [5.74, 6) is 0.496. The largest absolute Gasteiger partial charge is 0.352 e. The first-order valence-electron chi connectivity index (χ1n) is 6.84. The summed E-state index contributed by atoms with van der Waals surface area (Å²) < 4.78 is 0. The summed E-state index contributed by atoms with van der Waals surface area (Å²) in [4.78, 5) is 13.1. The number of thioether (sulfide) groups is 1. The fraction of sp³-hybridized carbons (Fsp3) is 0.533. The molecule has 1 fully saturated rings. The molecule has 1 aromatic carbocycles. The van der Waals surface area contributed by atoms with Crippen LogP contribution in [0.4, 0.5) is 0 Å². The predicted octanol–water partition coefficient (Wildman–Crippen LogP) is 2.96. The number of carbonyl (C=O) groups is 1. The topological polar surface area (TPSA) is 55.1 Å². The number of hydrogen-bond acceptors (Lipinski definition) is 3. The average Bonchev–Trinajstić information content (AvgIpc) is 2.82. The van der Waals surface area contributed by atoms with Crippen molar-refractivity contribution in [3.05, 3.63) is 29.8 Å². The lowest BCUT2D eigenvalue weighted by atomic mass is 10.00. The number of hydrogen-bond donors (Lipinski definition) is 2. The van der Waals surface area contributed by atoms with Gasteiger partial charge in [0, 0.05) is 23.9 Å². The Morgan fingerprint density at radius 3 is 2.60 bits per heavy atom. The molecule has 20 heavy (non-hydrogen) atoms. The molecule has 1 aliphatic rings. The number of carbonyl (C=O) groups excluding carboxylic acids is 1. The predicted molar refractivity (Wildman–Crippen MR) is 87.3 cm³/mol. The van der Waals surface area contributed by atoms with Crippen molar-refractivity contribution in [3.8, 4) is 0 Å². The molecule has 2 rings (SSSR count). The lowest BCUT2D eigenvalue weighted by molar-refractivity contribution is -0.122. The molecule has 1 aromatic rings. The van der Waals surface area contributed by atoms with Crippen molar-refractivity contribution >= 4 is 30.1 Å². The first-order valence-corrected chi connectivity index (χ1v) is 8.06. The van der Waals surface area contributed by atoms with Gasteiger partial charge in [-0.2, -0.15) is 0 Å². The molecule has 0 aromatic heterocycles. The summed E-state index contributed by atoms with van der Waals surface area (Å²) in [5, 5.41) is 2.98. The molecule has 1 amide bonds. The molecule has 0 bridgehead atoms. The van der Waals surface area contributed by atoms with Gasteiger partial charge in [-0.3, -0.25) is 4.79 Å². The molecular formula is C15H23ClN2OS. The highest BCUT2D eigenvalue weighted by atomic mass is 35.5. The molecular weight excluding hydrogens is 292 g/mol. The first kappa shape index (κ1) is 17.3. The number of benzene rings is 1. The molecule has 0 aliphatic heterocycles. The second-order valence-corrected chi connectivity index (χ2v) is 6.06. The Balaban J connectivity index is 0.00000200. The molecule has 1 saturated carbocycles. The van der Waals surface area contributed by atoms with Crippen LogP contribution in [0.5, 0.6) is 0 Å². The zero-order valence-corrected chi connectivity index (χ0v) is 13.4. The smallest absolute Gasteiger partial charge is 0.220 e. The van der Waals surface area contributed by atoms with Gasteiger partial charge in [-0.25, -0.2) is 0 Å². The minimum atomic E-state index is 0. The van der Waals surface area contributed by atoms with Crippen LogP contribution in [0.3, 0.4) is 0 Å². The summed E-state index contributed by atoms with van der Waals surface area (Å²) in [6, 6.07) is 8.51. The number of halogens is 1. The second kappa shape index (κ2) is 8.55. The van der Waals surface area contributed by atoms with Crippen molar-refractivity contribution in [2.24, 2.45) is 11.7 Å². The lowest BCUT2D eigenvalue weighted by Crippen LogP contribution is -2.31. The van der Waals surface area contributed by atoms with Crippen molar-refractivity contribution in [2.45, 2.75) is 43.2 Å². The van der Waals surface area contributed by atoms with Gasteiger partial charge in [0.15, 0.2) is 0 Å². The second-order valence-electron chi connectivity index (χ2n) is 5.18. The van der Waals surface area contributed by atoms with E-state index in [9.17, 15) is 4.79 Å². The van der Waals surface area contributed by atoms with E-state index in [2.05, 4.69) is 35.8 Å². The molecule has 112 valence electrons. The molecule has 3 N–H and O–H groups in total. The summed E-state index contributed by atoms with van der Waals surface area (Å²) in [6.07, 6.45) is 5.95. The van der Waals surface area contributed by atoms with E-state index in [1.165, 1.54) is 4.90 Å².